The number of hydrogen-bond acceptors (Lipinski definition) is 3. The van der Waals surface area contributed by atoms with Crippen LogP contribution in [0, 0.1) is 5.82 Å². The number of rotatable bonds is 8. The van der Waals surface area contributed by atoms with Gasteiger partial charge in [0.1, 0.15) is 0 Å². The number of fused-ring (bicyclic) bond motifs is 1. The van der Waals surface area contributed by atoms with Gasteiger partial charge in [0, 0.05) is 40.0 Å². The van der Waals surface area contributed by atoms with Crippen molar-refractivity contribution in [2.45, 2.75) is 44.2 Å². The van der Waals surface area contributed by atoms with Crippen molar-refractivity contribution in [3.8, 4) is 5.75 Å². The summed E-state index contributed by atoms with van der Waals surface area (Å²) in [7, 11) is 1.42. The molecule has 3 aromatic rings. The lowest BCUT2D eigenvalue weighted by Crippen LogP contribution is -2.44. The van der Waals surface area contributed by atoms with E-state index in [4.69, 9.17) is 16.3 Å². The van der Waals surface area contributed by atoms with Gasteiger partial charge in [-0.05, 0) is 61.2 Å². The Bertz CT molecular complexity index is 1160. The summed E-state index contributed by atoms with van der Waals surface area (Å²) < 4.78 is 18.8. The van der Waals surface area contributed by atoms with E-state index in [1.807, 2.05) is 24.3 Å². The molecule has 0 bridgehead atoms. The molecule has 1 saturated heterocycles. The maximum Gasteiger partial charge on any atom is 0.220 e. The molecule has 1 aromatic heterocycles. The van der Waals surface area contributed by atoms with Crippen LogP contribution in [0.1, 0.15) is 36.9 Å². The first-order valence-corrected chi connectivity index (χ1v) is 10.9. The monoisotopic (exact) mass is 457 g/mol. The van der Waals surface area contributed by atoms with Crippen LogP contribution in [-0.4, -0.2) is 29.4 Å². The van der Waals surface area contributed by atoms with Gasteiger partial charge in [-0.25, -0.2) is 4.39 Å². The quantitative estimate of drug-likeness (QED) is 0.472. The van der Waals surface area contributed by atoms with Gasteiger partial charge in [-0.1, -0.05) is 17.7 Å². The first kappa shape index (κ1) is 22.1. The summed E-state index contributed by atoms with van der Waals surface area (Å²) in [6.07, 6.45) is 2.31. The second-order valence-corrected chi connectivity index (χ2v) is 8.71. The van der Waals surface area contributed by atoms with E-state index in [-0.39, 0.29) is 24.0 Å². The number of ether oxygens (including phenoxy) is 1. The normalized spacial score (nSPS) is 18.0. The van der Waals surface area contributed by atoms with Crippen molar-refractivity contribution in [1.29, 1.82) is 0 Å². The van der Waals surface area contributed by atoms with Gasteiger partial charge in [0.15, 0.2) is 11.6 Å². The number of H-pyrrole nitrogens is 1. The van der Waals surface area contributed by atoms with E-state index in [2.05, 4.69) is 15.6 Å². The molecule has 168 valence electrons. The average Bonchev–Trinajstić information content (AvgIpc) is 3.35. The summed E-state index contributed by atoms with van der Waals surface area (Å²) in [5, 5.41) is 7.63. The van der Waals surface area contributed by atoms with Crippen LogP contribution in [0.4, 0.5) is 4.39 Å². The number of carbonyl (C=O) groups is 2. The molecule has 8 heteroatoms. The lowest BCUT2D eigenvalue weighted by Gasteiger charge is -2.29. The Morgan fingerprint density at radius 2 is 2.09 bits per heavy atom. The van der Waals surface area contributed by atoms with E-state index < -0.39 is 11.4 Å². The Balaban J connectivity index is 1.37. The number of nitrogens with one attached hydrogen (secondary N) is 3. The highest BCUT2D eigenvalue weighted by Gasteiger charge is 2.38. The van der Waals surface area contributed by atoms with Crippen molar-refractivity contribution in [2.75, 3.05) is 7.11 Å². The number of halogens is 2. The Morgan fingerprint density at radius 3 is 2.84 bits per heavy atom. The molecule has 32 heavy (non-hydrogen) atoms. The molecule has 4 rings (SSSR count). The van der Waals surface area contributed by atoms with E-state index >= 15 is 0 Å². The van der Waals surface area contributed by atoms with Gasteiger partial charge in [0.2, 0.25) is 11.8 Å². The highest BCUT2D eigenvalue weighted by atomic mass is 35.5. The Labute approximate surface area is 190 Å². The molecule has 3 N–H and O–H groups in total. The predicted molar refractivity (Wildman–Crippen MR) is 121 cm³/mol. The lowest BCUT2D eigenvalue weighted by atomic mass is 9.85. The molecule has 2 heterocycles. The molecule has 1 aliphatic rings. The van der Waals surface area contributed by atoms with Crippen LogP contribution in [0.5, 0.6) is 5.75 Å². The van der Waals surface area contributed by atoms with Crippen molar-refractivity contribution < 1.29 is 18.7 Å². The molecule has 1 fully saturated rings. The maximum absolute atomic E-state index is 13.8. The number of carbonyl (C=O) groups excluding carboxylic acids is 2. The largest absolute Gasteiger partial charge is 0.494 e. The van der Waals surface area contributed by atoms with Crippen molar-refractivity contribution in [3.05, 3.63) is 64.6 Å². The molecule has 0 spiro atoms. The standard InChI is InChI=1S/C24H25ClFN3O3/c1-32-21-10-15(2-4-19(21)26)13-24(9-7-23(31)29-24)8-6-22(30)27-14-18-12-16-11-17(25)3-5-20(16)28-18/h2-5,10-12,28H,6-9,13-14H2,1H3,(H,27,30)(H,29,31). The molecule has 0 saturated carbocycles. The average molecular weight is 458 g/mol. The van der Waals surface area contributed by atoms with Gasteiger partial charge < -0.3 is 20.4 Å². The second-order valence-electron chi connectivity index (χ2n) is 8.28. The molecule has 1 atom stereocenters. The summed E-state index contributed by atoms with van der Waals surface area (Å²) in [4.78, 5) is 27.8. The fourth-order valence-corrected chi connectivity index (χ4v) is 4.46. The van der Waals surface area contributed by atoms with Gasteiger partial charge in [-0.3, -0.25) is 9.59 Å². The van der Waals surface area contributed by atoms with Crippen molar-refractivity contribution >= 4 is 34.3 Å². The van der Waals surface area contributed by atoms with Crippen LogP contribution in [0.15, 0.2) is 42.5 Å². The minimum Gasteiger partial charge on any atom is -0.494 e. The number of methoxy groups -OCH3 is 1. The van der Waals surface area contributed by atoms with E-state index in [0.717, 1.165) is 22.2 Å². The minimum atomic E-state index is -0.533. The minimum absolute atomic E-state index is 0.0313. The lowest BCUT2D eigenvalue weighted by molar-refractivity contribution is -0.122. The van der Waals surface area contributed by atoms with E-state index in [0.29, 0.717) is 37.3 Å². The Morgan fingerprint density at radius 1 is 1.25 bits per heavy atom. The van der Waals surface area contributed by atoms with Crippen molar-refractivity contribution in [2.24, 2.45) is 0 Å². The van der Waals surface area contributed by atoms with Gasteiger partial charge in [-0.15, -0.1) is 0 Å². The summed E-state index contributed by atoms with van der Waals surface area (Å²) >= 11 is 6.03. The molecule has 0 radical (unpaired) electrons. The predicted octanol–water partition coefficient (Wildman–Crippen LogP) is 4.26. The topological polar surface area (TPSA) is 83.2 Å². The fraction of sp³-hybridized carbons (Fsp3) is 0.333. The molecular weight excluding hydrogens is 433 g/mol. The van der Waals surface area contributed by atoms with Crippen LogP contribution in [0.3, 0.4) is 0 Å². The SMILES string of the molecule is COc1cc(CC2(CCC(=O)NCc3cc4cc(Cl)ccc4[nH]3)CCC(=O)N2)ccc1F. The zero-order chi connectivity index (χ0) is 22.7. The number of benzene rings is 2. The highest BCUT2D eigenvalue weighted by Crippen LogP contribution is 2.31. The Hall–Kier alpha value is -3.06. The zero-order valence-corrected chi connectivity index (χ0v) is 18.5. The van der Waals surface area contributed by atoms with E-state index in [1.54, 1.807) is 12.1 Å². The number of aromatic amines is 1. The maximum atomic E-state index is 13.8. The van der Waals surface area contributed by atoms with E-state index in [9.17, 15) is 14.0 Å². The van der Waals surface area contributed by atoms with Crippen LogP contribution in [0.2, 0.25) is 5.02 Å². The molecule has 1 aliphatic heterocycles. The molecule has 2 aromatic carbocycles. The molecule has 0 aliphatic carbocycles. The third-order valence-corrected chi connectivity index (χ3v) is 6.17. The van der Waals surface area contributed by atoms with Crippen LogP contribution in [-0.2, 0) is 22.6 Å². The van der Waals surface area contributed by atoms with Gasteiger partial charge >= 0.3 is 0 Å². The molecule has 1 unspecified atom stereocenters. The Kier molecular flexibility index (Phi) is 6.37. The number of hydrogen-bond donors (Lipinski definition) is 3. The highest BCUT2D eigenvalue weighted by molar-refractivity contribution is 6.31. The van der Waals surface area contributed by atoms with Crippen LogP contribution < -0.4 is 15.4 Å². The number of amides is 2. The third kappa shape index (κ3) is 5.05. The summed E-state index contributed by atoms with van der Waals surface area (Å²) in [5.74, 6) is -0.395. The summed E-state index contributed by atoms with van der Waals surface area (Å²) in [6.45, 7) is 0.375. The van der Waals surface area contributed by atoms with Gasteiger partial charge in [0.25, 0.3) is 0 Å². The van der Waals surface area contributed by atoms with E-state index in [1.165, 1.54) is 13.2 Å². The van der Waals surface area contributed by atoms with Crippen LogP contribution >= 0.6 is 11.6 Å². The summed E-state index contributed by atoms with van der Waals surface area (Å²) in [6, 6.07) is 12.2. The zero-order valence-electron chi connectivity index (χ0n) is 17.8. The first-order chi connectivity index (χ1) is 15.4. The third-order valence-electron chi connectivity index (χ3n) is 5.94. The van der Waals surface area contributed by atoms with Crippen molar-refractivity contribution in [1.82, 2.24) is 15.6 Å². The van der Waals surface area contributed by atoms with Crippen molar-refractivity contribution in [3.63, 3.8) is 0 Å². The molecule has 6 nitrogen and oxygen atoms in total. The first-order valence-electron chi connectivity index (χ1n) is 10.5. The van der Waals surface area contributed by atoms with Gasteiger partial charge in [-0.2, -0.15) is 0 Å². The fourth-order valence-electron chi connectivity index (χ4n) is 4.28. The van der Waals surface area contributed by atoms with Gasteiger partial charge in [0.05, 0.1) is 13.7 Å². The number of aromatic nitrogens is 1. The van der Waals surface area contributed by atoms with Crippen LogP contribution in [0.25, 0.3) is 10.9 Å². The summed E-state index contributed by atoms with van der Waals surface area (Å²) in [5.41, 5.74) is 2.16. The second kappa shape index (κ2) is 9.20. The molecular formula is C24H25ClFN3O3. The molecule has 2 amide bonds. The smallest absolute Gasteiger partial charge is 0.220 e.